The van der Waals surface area contributed by atoms with Crippen LogP contribution < -0.4 is 5.32 Å². The van der Waals surface area contributed by atoms with Gasteiger partial charge in [-0.2, -0.15) is 0 Å². The van der Waals surface area contributed by atoms with Crippen LogP contribution in [0.1, 0.15) is 51.9 Å². The summed E-state index contributed by atoms with van der Waals surface area (Å²) in [6.07, 6.45) is 9.89. The Balaban J connectivity index is 1.48. The van der Waals surface area contributed by atoms with Gasteiger partial charge in [-0.05, 0) is 57.4 Å². The summed E-state index contributed by atoms with van der Waals surface area (Å²) < 4.78 is 5.61. The number of nitrogens with one attached hydrogen (secondary N) is 1. The lowest BCUT2D eigenvalue weighted by Crippen LogP contribution is -2.27. The molecule has 0 aromatic rings. The molecule has 2 fully saturated rings. The quantitative estimate of drug-likeness (QED) is 0.706. The molecule has 3 unspecified atom stereocenters. The highest BCUT2D eigenvalue weighted by atomic mass is 16.5. The molecular weight excluding hydrogens is 186 g/mol. The van der Waals surface area contributed by atoms with Crippen LogP contribution in [-0.2, 0) is 4.74 Å². The first kappa shape index (κ1) is 11.4. The predicted molar refractivity (Wildman–Crippen MR) is 63.0 cm³/mol. The van der Waals surface area contributed by atoms with Crippen LogP contribution in [-0.4, -0.2) is 25.3 Å². The summed E-state index contributed by atoms with van der Waals surface area (Å²) in [5.41, 5.74) is 0. The fourth-order valence-corrected chi connectivity index (χ4v) is 2.90. The van der Waals surface area contributed by atoms with Crippen LogP contribution in [0.25, 0.3) is 0 Å². The van der Waals surface area contributed by atoms with Crippen LogP contribution in [0.4, 0.5) is 0 Å². The average molecular weight is 211 g/mol. The van der Waals surface area contributed by atoms with E-state index in [1.54, 1.807) is 0 Å². The van der Waals surface area contributed by atoms with Gasteiger partial charge in [-0.3, -0.25) is 0 Å². The van der Waals surface area contributed by atoms with E-state index in [0.29, 0.717) is 6.10 Å². The van der Waals surface area contributed by atoms with Crippen LogP contribution in [0.5, 0.6) is 0 Å². The topological polar surface area (TPSA) is 21.3 Å². The molecule has 88 valence electrons. The molecule has 0 spiro atoms. The third-order valence-electron chi connectivity index (χ3n) is 3.85. The van der Waals surface area contributed by atoms with E-state index in [4.69, 9.17) is 4.74 Å². The number of rotatable bonds is 5. The normalized spacial score (nSPS) is 36.2. The monoisotopic (exact) mass is 211 g/mol. The minimum atomic E-state index is 0.578. The second-order valence-electron chi connectivity index (χ2n) is 5.35. The van der Waals surface area contributed by atoms with Crippen molar-refractivity contribution in [2.24, 2.45) is 5.92 Å². The molecular formula is C13H25NO. The van der Waals surface area contributed by atoms with Crippen molar-refractivity contribution in [3.05, 3.63) is 0 Å². The molecule has 1 heterocycles. The Morgan fingerprint density at radius 2 is 2.20 bits per heavy atom. The van der Waals surface area contributed by atoms with Crippen molar-refractivity contribution in [1.82, 2.24) is 5.32 Å². The van der Waals surface area contributed by atoms with Gasteiger partial charge in [0.25, 0.3) is 0 Å². The Morgan fingerprint density at radius 1 is 1.27 bits per heavy atom. The summed E-state index contributed by atoms with van der Waals surface area (Å²) in [6, 6.07) is 0.810. The fourth-order valence-electron chi connectivity index (χ4n) is 2.90. The summed E-state index contributed by atoms with van der Waals surface area (Å²) in [5, 5.41) is 3.68. The van der Waals surface area contributed by atoms with E-state index >= 15 is 0 Å². The van der Waals surface area contributed by atoms with Crippen molar-refractivity contribution in [3.8, 4) is 0 Å². The van der Waals surface area contributed by atoms with Crippen LogP contribution >= 0.6 is 0 Å². The lowest BCUT2D eigenvalue weighted by atomic mass is 10.1. The molecule has 1 aliphatic heterocycles. The van der Waals surface area contributed by atoms with Crippen LogP contribution in [0.15, 0.2) is 0 Å². The van der Waals surface area contributed by atoms with Gasteiger partial charge in [0.05, 0.1) is 6.10 Å². The average Bonchev–Trinajstić information content (AvgIpc) is 2.84. The maximum absolute atomic E-state index is 5.61. The molecule has 0 bridgehead atoms. The molecule has 2 heteroatoms. The van der Waals surface area contributed by atoms with Crippen molar-refractivity contribution in [1.29, 1.82) is 0 Å². The molecule has 1 N–H and O–H groups in total. The molecule has 1 saturated heterocycles. The number of hydrogen-bond donors (Lipinski definition) is 1. The summed E-state index contributed by atoms with van der Waals surface area (Å²) >= 11 is 0. The maximum Gasteiger partial charge on any atom is 0.0576 e. The molecule has 2 aliphatic rings. The van der Waals surface area contributed by atoms with Crippen LogP contribution in [0.2, 0.25) is 0 Å². The number of hydrogen-bond acceptors (Lipinski definition) is 2. The van der Waals surface area contributed by atoms with Crippen LogP contribution in [0.3, 0.4) is 0 Å². The van der Waals surface area contributed by atoms with Crippen LogP contribution in [0, 0.1) is 5.92 Å². The van der Waals surface area contributed by atoms with Crippen molar-refractivity contribution in [2.75, 3.05) is 13.2 Å². The second kappa shape index (κ2) is 5.86. The van der Waals surface area contributed by atoms with E-state index in [-0.39, 0.29) is 0 Å². The van der Waals surface area contributed by atoms with Gasteiger partial charge in [-0.1, -0.05) is 6.92 Å². The van der Waals surface area contributed by atoms with Gasteiger partial charge in [0.15, 0.2) is 0 Å². The Labute approximate surface area is 93.8 Å². The fraction of sp³-hybridized carbons (Fsp3) is 1.00. The molecule has 2 nitrogen and oxygen atoms in total. The molecule has 0 aromatic heterocycles. The minimum Gasteiger partial charge on any atom is -0.378 e. The zero-order valence-electron chi connectivity index (χ0n) is 10.0. The van der Waals surface area contributed by atoms with E-state index < -0.39 is 0 Å². The summed E-state index contributed by atoms with van der Waals surface area (Å²) in [6.45, 7) is 4.56. The highest BCUT2D eigenvalue weighted by Crippen LogP contribution is 2.24. The van der Waals surface area contributed by atoms with Gasteiger partial charge >= 0.3 is 0 Å². The van der Waals surface area contributed by atoms with Crippen molar-refractivity contribution in [2.45, 2.75) is 64.0 Å². The molecule has 0 radical (unpaired) electrons. The number of ether oxygens (including phenoxy) is 1. The van der Waals surface area contributed by atoms with Crippen molar-refractivity contribution < 1.29 is 4.74 Å². The second-order valence-corrected chi connectivity index (χ2v) is 5.35. The molecule has 15 heavy (non-hydrogen) atoms. The molecule has 2 rings (SSSR count). The zero-order valence-corrected chi connectivity index (χ0v) is 10.0. The zero-order chi connectivity index (χ0) is 10.5. The van der Waals surface area contributed by atoms with Gasteiger partial charge < -0.3 is 10.1 Å². The Hall–Kier alpha value is -0.0800. The van der Waals surface area contributed by atoms with Gasteiger partial charge in [0.1, 0.15) is 0 Å². The lowest BCUT2D eigenvalue weighted by molar-refractivity contribution is 0.102. The largest absolute Gasteiger partial charge is 0.378 e. The van der Waals surface area contributed by atoms with Gasteiger partial charge in [0.2, 0.25) is 0 Å². The van der Waals surface area contributed by atoms with E-state index in [9.17, 15) is 0 Å². The molecule has 1 aliphatic carbocycles. The molecule has 3 atom stereocenters. The Kier molecular flexibility index (Phi) is 4.45. The maximum atomic E-state index is 5.61. The minimum absolute atomic E-state index is 0.578. The standard InChI is InChI=1S/C13H25NO/c1-11-6-7-12(10-11)14-8-2-4-13-5-3-9-15-13/h11-14H,2-10H2,1H3. The van der Waals surface area contributed by atoms with Gasteiger partial charge in [0, 0.05) is 12.6 Å². The SMILES string of the molecule is CC1CCC(NCCCC2CCCO2)C1. The first-order valence-corrected chi connectivity index (χ1v) is 6.69. The predicted octanol–water partition coefficient (Wildman–Crippen LogP) is 2.72. The van der Waals surface area contributed by atoms with E-state index in [2.05, 4.69) is 12.2 Å². The smallest absolute Gasteiger partial charge is 0.0576 e. The Bertz CT molecular complexity index is 177. The van der Waals surface area contributed by atoms with E-state index in [1.165, 1.54) is 51.5 Å². The van der Waals surface area contributed by atoms with Gasteiger partial charge in [-0.15, -0.1) is 0 Å². The third-order valence-corrected chi connectivity index (χ3v) is 3.85. The van der Waals surface area contributed by atoms with E-state index in [0.717, 1.165) is 18.6 Å². The van der Waals surface area contributed by atoms with Crippen molar-refractivity contribution in [3.63, 3.8) is 0 Å². The Morgan fingerprint density at radius 3 is 2.87 bits per heavy atom. The molecule has 1 saturated carbocycles. The highest BCUT2D eigenvalue weighted by molar-refractivity contribution is 4.78. The third kappa shape index (κ3) is 3.76. The molecule has 0 amide bonds. The van der Waals surface area contributed by atoms with Gasteiger partial charge in [-0.25, -0.2) is 0 Å². The summed E-state index contributed by atoms with van der Waals surface area (Å²) in [5.74, 6) is 0.945. The lowest BCUT2D eigenvalue weighted by Gasteiger charge is -2.13. The van der Waals surface area contributed by atoms with Crippen molar-refractivity contribution >= 4 is 0 Å². The first-order chi connectivity index (χ1) is 7.34. The summed E-state index contributed by atoms with van der Waals surface area (Å²) in [7, 11) is 0. The van der Waals surface area contributed by atoms with E-state index in [1.807, 2.05) is 0 Å². The summed E-state index contributed by atoms with van der Waals surface area (Å²) in [4.78, 5) is 0. The highest BCUT2D eigenvalue weighted by Gasteiger charge is 2.20. The first-order valence-electron chi connectivity index (χ1n) is 6.69. The molecule has 0 aromatic carbocycles.